The number of nitrogens with zero attached hydrogens (tertiary/aromatic N) is 2. The van der Waals surface area contributed by atoms with E-state index in [-0.39, 0.29) is 5.91 Å². The van der Waals surface area contributed by atoms with Crippen molar-refractivity contribution in [1.29, 1.82) is 0 Å². The number of carbonyl (C=O) groups excluding carboxylic acids is 1. The molecule has 0 atom stereocenters. The smallest absolute Gasteiger partial charge is 0.220 e. The monoisotopic (exact) mass is 383 g/mol. The first-order chi connectivity index (χ1) is 13.2. The molecule has 27 heavy (non-hydrogen) atoms. The molecule has 0 aliphatic rings. The zero-order valence-electron chi connectivity index (χ0n) is 15.1. The number of hydrogen-bond acceptors (Lipinski definition) is 6. The van der Waals surface area contributed by atoms with E-state index in [1.54, 1.807) is 30.8 Å². The van der Waals surface area contributed by atoms with Crippen molar-refractivity contribution in [2.45, 2.75) is 19.4 Å². The zero-order chi connectivity index (χ0) is 18.9. The van der Waals surface area contributed by atoms with Gasteiger partial charge >= 0.3 is 0 Å². The summed E-state index contributed by atoms with van der Waals surface area (Å²) in [5.41, 5.74) is 1.89. The minimum absolute atomic E-state index is 0.00760. The topological polar surface area (TPSA) is 73.3 Å². The van der Waals surface area contributed by atoms with E-state index in [9.17, 15) is 4.79 Å². The van der Waals surface area contributed by atoms with E-state index in [4.69, 9.17) is 9.47 Å². The zero-order valence-corrected chi connectivity index (χ0v) is 15.9. The molecule has 1 aromatic carbocycles. The van der Waals surface area contributed by atoms with Gasteiger partial charge in [-0.15, -0.1) is 11.3 Å². The van der Waals surface area contributed by atoms with Crippen LogP contribution in [0.1, 0.15) is 18.5 Å². The molecule has 2 heterocycles. The van der Waals surface area contributed by atoms with Gasteiger partial charge < -0.3 is 14.8 Å². The van der Waals surface area contributed by atoms with Crippen LogP contribution in [0.15, 0.2) is 54.2 Å². The fourth-order valence-corrected chi connectivity index (χ4v) is 3.21. The Labute approximate surface area is 162 Å². The molecule has 0 fully saturated rings. The van der Waals surface area contributed by atoms with Crippen molar-refractivity contribution < 1.29 is 14.3 Å². The first kappa shape index (κ1) is 18.8. The van der Waals surface area contributed by atoms with Crippen LogP contribution < -0.4 is 14.8 Å². The van der Waals surface area contributed by atoms with Crippen molar-refractivity contribution in [1.82, 2.24) is 15.3 Å². The maximum absolute atomic E-state index is 12.0. The third-order valence-corrected chi connectivity index (χ3v) is 4.76. The molecule has 1 N–H and O–H groups in total. The van der Waals surface area contributed by atoms with E-state index in [0.29, 0.717) is 26.0 Å². The molecule has 0 spiro atoms. The van der Waals surface area contributed by atoms with Gasteiger partial charge in [-0.1, -0.05) is 0 Å². The summed E-state index contributed by atoms with van der Waals surface area (Å²) >= 11 is 1.56. The van der Waals surface area contributed by atoms with Crippen LogP contribution >= 0.6 is 11.3 Å². The van der Waals surface area contributed by atoms with Crippen LogP contribution in [0, 0.1) is 0 Å². The Balaban J connectivity index is 1.35. The number of thiazole rings is 1. The summed E-state index contributed by atoms with van der Waals surface area (Å²) in [6.07, 6.45) is 4.55. The van der Waals surface area contributed by atoms with Crippen LogP contribution in [0.4, 0.5) is 0 Å². The molecule has 0 saturated carbocycles. The summed E-state index contributed by atoms with van der Waals surface area (Å²) in [5, 5.41) is 5.78. The SMILES string of the molecule is COc1ccc(OCCCC(=O)NCc2csc(-c3ccncc3)n2)cc1. The molecule has 0 aliphatic heterocycles. The van der Waals surface area contributed by atoms with Crippen molar-refractivity contribution in [2.24, 2.45) is 0 Å². The van der Waals surface area contributed by atoms with Gasteiger partial charge in [0.05, 0.1) is 26.0 Å². The standard InChI is InChI=1S/C20H21N3O3S/c1-25-17-4-6-18(7-5-17)26-12-2-3-19(24)22-13-16-14-27-20(23-16)15-8-10-21-11-9-15/h4-11,14H,2-3,12-13H2,1H3,(H,22,24). The van der Waals surface area contributed by atoms with Crippen LogP contribution in [0.2, 0.25) is 0 Å². The van der Waals surface area contributed by atoms with Gasteiger partial charge in [0.25, 0.3) is 0 Å². The lowest BCUT2D eigenvalue weighted by atomic mass is 10.3. The predicted octanol–water partition coefficient (Wildman–Crippen LogP) is 3.69. The fraction of sp³-hybridized carbons (Fsp3) is 0.250. The number of benzene rings is 1. The fourth-order valence-electron chi connectivity index (χ4n) is 2.39. The third kappa shape index (κ3) is 5.79. The second-order valence-corrected chi connectivity index (χ2v) is 6.64. The van der Waals surface area contributed by atoms with Crippen LogP contribution in [-0.2, 0) is 11.3 Å². The number of methoxy groups -OCH3 is 1. The van der Waals surface area contributed by atoms with Crippen LogP contribution in [0.5, 0.6) is 11.5 Å². The summed E-state index contributed by atoms with van der Waals surface area (Å²) in [6.45, 7) is 0.919. The number of rotatable bonds is 9. The Hall–Kier alpha value is -2.93. The summed E-state index contributed by atoms with van der Waals surface area (Å²) in [7, 11) is 1.63. The second kappa shape index (κ2) is 9.68. The summed E-state index contributed by atoms with van der Waals surface area (Å²) in [5.74, 6) is 1.55. The normalized spacial score (nSPS) is 10.4. The highest BCUT2D eigenvalue weighted by Crippen LogP contribution is 2.22. The summed E-state index contributed by atoms with van der Waals surface area (Å²) < 4.78 is 10.7. The molecule has 0 unspecified atom stereocenters. The number of hydrogen-bond donors (Lipinski definition) is 1. The molecular weight excluding hydrogens is 362 g/mol. The summed E-state index contributed by atoms with van der Waals surface area (Å²) in [4.78, 5) is 20.5. The molecule has 0 saturated heterocycles. The first-order valence-electron chi connectivity index (χ1n) is 8.63. The minimum atomic E-state index is -0.00760. The molecule has 6 nitrogen and oxygen atoms in total. The minimum Gasteiger partial charge on any atom is -0.497 e. The van der Waals surface area contributed by atoms with E-state index in [0.717, 1.165) is 27.8 Å². The highest BCUT2D eigenvalue weighted by atomic mass is 32.1. The highest BCUT2D eigenvalue weighted by Gasteiger charge is 2.07. The van der Waals surface area contributed by atoms with Gasteiger partial charge in [0, 0.05) is 29.8 Å². The number of nitrogens with one attached hydrogen (secondary N) is 1. The third-order valence-electron chi connectivity index (χ3n) is 3.82. The molecular formula is C20H21N3O3S. The maximum Gasteiger partial charge on any atom is 0.220 e. The maximum atomic E-state index is 12.0. The average molecular weight is 383 g/mol. The lowest BCUT2D eigenvalue weighted by molar-refractivity contribution is -0.121. The molecule has 1 amide bonds. The summed E-state index contributed by atoms with van der Waals surface area (Å²) in [6, 6.07) is 11.2. The Morgan fingerprint density at radius 1 is 1.11 bits per heavy atom. The molecule has 3 rings (SSSR count). The number of pyridine rings is 1. The van der Waals surface area contributed by atoms with Gasteiger partial charge in [-0.2, -0.15) is 0 Å². The molecule has 0 bridgehead atoms. The lowest BCUT2D eigenvalue weighted by Gasteiger charge is -2.07. The van der Waals surface area contributed by atoms with Crippen molar-refractivity contribution in [3.63, 3.8) is 0 Å². The Bertz CT molecular complexity index is 850. The molecule has 7 heteroatoms. The van der Waals surface area contributed by atoms with Crippen LogP contribution in [0.25, 0.3) is 10.6 Å². The quantitative estimate of drug-likeness (QED) is 0.571. The molecule has 140 valence electrons. The lowest BCUT2D eigenvalue weighted by Crippen LogP contribution is -2.23. The Morgan fingerprint density at radius 3 is 2.59 bits per heavy atom. The van der Waals surface area contributed by atoms with Gasteiger partial charge in [-0.25, -0.2) is 4.98 Å². The van der Waals surface area contributed by atoms with Crippen LogP contribution in [-0.4, -0.2) is 29.6 Å². The number of aromatic nitrogens is 2. The van der Waals surface area contributed by atoms with Gasteiger partial charge in [0.2, 0.25) is 5.91 Å². The second-order valence-electron chi connectivity index (χ2n) is 5.78. The molecule has 2 aromatic heterocycles. The largest absolute Gasteiger partial charge is 0.497 e. The first-order valence-corrected chi connectivity index (χ1v) is 9.51. The predicted molar refractivity (Wildman–Crippen MR) is 105 cm³/mol. The number of carbonyl (C=O) groups is 1. The highest BCUT2D eigenvalue weighted by molar-refractivity contribution is 7.13. The van der Waals surface area contributed by atoms with E-state index in [1.807, 2.05) is 41.8 Å². The number of ether oxygens (including phenoxy) is 2. The number of amides is 1. The Morgan fingerprint density at radius 2 is 1.85 bits per heavy atom. The molecule has 0 radical (unpaired) electrons. The molecule has 3 aromatic rings. The van der Waals surface area contributed by atoms with Crippen molar-refractivity contribution in [3.05, 3.63) is 59.9 Å². The van der Waals surface area contributed by atoms with Gasteiger partial charge in [0.1, 0.15) is 16.5 Å². The van der Waals surface area contributed by atoms with Crippen molar-refractivity contribution in [3.8, 4) is 22.1 Å². The Kier molecular flexibility index (Phi) is 6.76. The van der Waals surface area contributed by atoms with E-state index < -0.39 is 0 Å². The van der Waals surface area contributed by atoms with Gasteiger partial charge in [0.15, 0.2) is 0 Å². The van der Waals surface area contributed by atoms with E-state index in [1.165, 1.54) is 0 Å². The van der Waals surface area contributed by atoms with Gasteiger partial charge in [-0.3, -0.25) is 9.78 Å². The molecule has 0 aliphatic carbocycles. The average Bonchev–Trinajstić information content (AvgIpc) is 3.20. The van der Waals surface area contributed by atoms with Crippen LogP contribution in [0.3, 0.4) is 0 Å². The van der Waals surface area contributed by atoms with Crippen molar-refractivity contribution in [2.75, 3.05) is 13.7 Å². The van der Waals surface area contributed by atoms with Gasteiger partial charge in [-0.05, 0) is 42.8 Å². The van der Waals surface area contributed by atoms with E-state index in [2.05, 4.69) is 15.3 Å². The van der Waals surface area contributed by atoms with E-state index >= 15 is 0 Å². The van der Waals surface area contributed by atoms with Crippen molar-refractivity contribution >= 4 is 17.2 Å².